The molecule has 0 radical (unpaired) electrons. The molecule has 2 aromatic heterocycles. The number of halogens is 1. The van der Waals surface area contributed by atoms with Crippen LogP contribution in [0.4, 0.5) is 0 Å². The van der Waals surface area contributed by atoms with Gasteiger partial charge in [-0.1, -0.05) is 11.6 Å². The van der Waals surface area contributed by atoms with Gasteiger partial charge in [0.25, 0.3) is 0 Å². The van der Waals surface area contributed by atoms with Crippen molar-refractivity contribution >= 4 is 11.6 Å². The largest absolute Gasteiger partial charge is 0.489 e. The fraction of sp³-hybridized carbons (Fsp3) is 0.273. The van der Waals surface area contributed by atoms with Crippen LogP contribution in [0.5, 0.6) is 5.75 Å². The van der Waals surface area contributed by atoms with Gasteiger partial charge < -0.3 is 9.30 Å². The first-order valence-electron chi connectivity index (χ1n) is 5.06. The molecular formula is C11H10ClN3O. The molecule has 0 spiro atoms. The van der Waals surface area contributed by atoms with Crippen LogP contribution in [-0.2, 0) is 6.54 Å². The van der Waals surface area contributed by atoms with Gasteiger partial charge in [-0.05, 0) is 13.0 Å². The monoisotopic (exact) mass is 235 g/mol. The van der Waals surface area contributed by atoms with Gasteiger partial charge in [-0.25, -0.2) is 9.97 Å². The van der Waals surface area contributed by atoms with Crippen molar-refractivity contribution in [3.05, 3.63) is 29.3 Å². The first-order valence-corrected chi connectivity index (χ1v) is 5.44. The molecule has 0 aliphatic carbocycles. The molecule has 1 aliphatic rings. The molecule has 16 heavy (non-hydrogen) atoms. The van der Waals surface area contributed by atoms with E-state index in [1.165, 1.54) is 0 Å². The Balaban J connectivity index is 2.27. The number of pyridine rings is 1. The Bertz CT molecular complexity index is 550. The van der Waals surface area contributed by atoms with E-state index < -0.39 is 0 Å². The van der Waals surface area contributed by atoms with Crippen LogP contribution in [0.15, 0.2) is 18.5 Å². The molecule has 0 atom stereocenters. The normalized spacial score (nSPS) is 13.6. The van der Waals surface area contributed by atoms with Crippen molar-refractivity contribution in [1.82, 2.24) is 14.5 Å². The lowest BCUT2D eigenvalue weighted by Crippen LogP contribution is -2.04. The minimum atomic E-state index is 0.455. The van der Waals surface area contributed by atoms with E-state index in [2.05, 4.69) is 14.5 Å². The van der Waals surface area contributed by atoms with E-state index in [1.54, 1.807) is 12.3 Å². The second kappa shape index (κ2) is 3.49. The molecule has 0 amide bonds. The molecule has 0 fully saturated rings. The van der Waals surface area contributed by atoms with E-state index in [-0.39, 0.29) is 0 Å². The van der Waals surface area contributed by atoms with Crippen molar-refractivity contribution in [2.24, 2.45) is 0 Å². The minimum Gasteiger partial charge on any atom is -0.489 e. The minimum absolute atomic E-state index is 0.455. The first kappa shape index (κ1) is 9.66. The molecule has 0 bridgehead atoms. The molecule has 0 saturated heterocycles. The van der Waals surface area contributed by atoms with Crippen molar-refractivity contribution in [3.8, 4) is 17.1 Å². The zero-order chi connectivity index (χ0) is 11.1. The number of hydrogen-bond acceptors (Lipinski definition) is 3. The van der Waals surface area contributed by atoms with Crippen LogP contribution in [0.25, 0.3) is 11.4 Å². The lowest BCUT2D eigenvalue weighted by atomic mass is 10.2. The second-order valence-electron chi connectivity index (χ2n) is 3.75. The van der Waals surface area contributed by atoms with Crippen molar-refractivity contribution < 1.29 is 4.74 Å². The molecule has 0 saturated carbocycles. The second-order valence-corrected chi connectivity index (χ2v) is 4.14. The van der Waals surface area contributed by atoms with Crippen LogP contribution in [0, 0.1) is 6.92 Å². The van der Waals surface area contributed by atoms with E-state index in [1.807, 2.05) is 13.1 Å². The molecule has 3 rings (SSSR count). The summed E-state index contributed by atoms with van der Waals surface area (Å²) in [5, 5.41) is 0.455. The number of nitrogens with zero attached hydrogens (tertiary/aromatic N) is 3. The standard InChI is InChI=1S/C11H10ClN3O/c1-7-6-15-2-3-16-9-5-13-10(12)4-8(9)11(15)14-7/h4-6H,2-3H2,1H3. The van der Waals surface area contributed by atoms with E-state index in [0.29, 0.717) is 11.8 Å². The average Bonchev–Trinajstić information content (AvgIpc) is 2.54. The maximum atomic E-state index is 5.90. The van der Waals surface area contributed by atoms with Gasteiger partial charge in [-0.2, -0.15) is 0 Å². The third-order valence-corrected chi connectivity index (χ3v) is 2.77. The van der Waals surface area contributed by atoms with Crippen LogP contribution in [0.3, 0.4) is 0 Å². The lowest BCUT2D eigenvalue weighted by Gasteiger charge is -2.04. The third-order valence-electron chi connectivity index (χ3n) is 2.56. The molecular weight excluding hydrogens is 226 g/mol. The van der Waals surface area contributed by atoms with Crippen molar-refractivity contribution in [1.29, 1.82) is 0 Å². The summed E-state index contributed by atoms with van der Waals surface area (Å²) >= 11 is 5.90. The number of ether oxygens (including phenoxy) is 1. The zero-order valence-electron chi connectivity index (χ0n) is 8.77. The van der Waals surface area contributed by atoms with E-state index >= 15 is 0 Å². The number of fused-ring (bicyclic) bond motifs is 3. The van der Waals surface area contributed by atoms with Crippen LogP contribution in [-0.4, -0.2) is 21.1 Å². The van der Waals surface area contributed by atoms with Crippen LogP contribution < -0.4 is 4.74 Å². The molecule has 3 heterocycles. The van der Waals surface area contributed by atoms with Crippen LogP contribution >= 0.6 is 11.6 Å². The Morgan fingerprint density at radius 2 is 2.38 bits per heavy atom. The van der Waals surface area contributed by atoms with Gasteiger partial charge in [0.1, 0.15) is 23.3 Å². The predicted octanol–water partition coefficient (Wildman–Crippen LogP) is 2.30. The SMILES string of the molecule is Cc1cn2c(n1)-c1cc(Cl)ncc1OCC2. The number of aromatic nitrogens is 3. The van der Waals surface area contributed by atoms with E-state index in [4.69, 9.17) is 16.3 Å². The fourth-order valence-corrected chi connectivity index (χ4v) is 2.05. The summed E-state index contributed by atoms with van der Waals surface area (Å²) in [4.78, 5) is 8.51. The maximum absolute atomic E-state index is 5.90. The van der Waals surface area contributed by atoms with Crippen LogP contribution in [0.2, 0.25) is 5.15 Å². The Hall–Kier alpha value is -1.55. The predicted molar refractivity (Wildman–Crippen MR) is 60.7 cm³/mol. The molecule has 1 aliphatic heterocycles. The smallest absolute Gasteiger partial charge is 0.148 e. The Morgan fingerprint density at radius 1 is 1.50 bits per heavy atom. The maximum Gasteiger partial charge on any atom is 0.148 e. The van der Waals surface area contributed by atoms with E-state index in [0.717, 1.165) is 29.4 Å². The molecule has 2 aromatic rings. The number of imidazole rings is 1. The summed E-state index contributed by atoms with van der Waals surface area (Å²) in [5.74, 6) is 1.64. The topological polar surface area (TPSA) is 39.9 Å². The van der Waals surface area contributed by atoms with Gasteiger partial charge >= 0.3 is 0 Å². The molecule has 4 nitrogen and oxygen atoms in total. The first-order chi connectivity index (χ1) is 7.74. The number of aryl methyl sites for hydroxylation is 1. The highest BCUT2D eigenvalue weighted by Crippen LogP contribution is 2.32. The Morgan fingerprint density at radius 3 is 3.25 bits per heavy atom. The summed E-state index contributed by atoms with van der Waals surface area (Å²) in [6.07, 6.45) is 3.67. The number of rotatable bonds is 0. The van der Waals surface area contributed by atoms with Gasteiger partial charge in [-0.15, -0.1) is 0 Å². The summed E-state index contributed by atoms with van der Waals surface area (Å²) in [7, 11) is 0. The van der Waals surface area contributed by atoms with E-state index in [9.17, 15) is 0 Å². The molecule has 5 heteroatoms. The Kier molecular flexibility index (Phi) is 2.11. The summed E-state index contributed by atoms with van der Waals surface area (Å²) in [6.45, 7) is 3.40. The fourth-order valence-electron chi connectivity index (χ4n) is 1.89. The summed E-state index contributed by atoms with van der Waals surface area (Å²) in [6, 6.07) is 1.79. The van der Waals surface area contributed by atoms with Gasteiger partial charge in [0.2, 0.25) is 0 Å². The zero-order valence-corrected chi connectivity index (χ0v) is 9.53. The molecule has 0 aromatic carbocycles. The number of hydrogen-bond donors (Lipinski definition) is 0. The highest BCUT2D eigenvalue weighted by molar-refractivity contribution is 6.29. The molecule has 0 unspecified atom stereocenters. The highest BCUT2D eigenvalue weighted by Gasteiger charge is 2.18. The average molecular weight is 236 g/mol. The van der Waals surface area contributed by atoms with Gasteiger partial charge in [-0.3, -0.25) is 0 Å². The van der Waals surface area contributed by atoms with Gasteiger partial charge in [0.05, 0.1) is 24.0 Å². The van der Waals surface area contributed by atoms with Gasteiger partial charge in [0.15, 0.2) is 0 Å². The summed E-state index contributed by atoms with van der Waals surface area (Å²) in [5.41, 5.74) is 1.90. The third kappa shape index (κ3) is 1.46. The Labute approximate surface area is 97.9 Å². The van der Waals surface area contributed by atoms with Gasteiger partial charge in [0, 0.05) is 6.20 Å². The summed E-state index contributed by atoms with van der Waals surface area (Å²) < 4.78 is 7.68. The molecule has 0 N–H and O–H groups in total. The quantitative estimate of drug-likeness (QED) is 0.658. The van der Waals surface area contributed by atoms with Crippen molar-refractivity contribution in [3.63, 3.8) is 0 Å². The van der Waals surface area contributed by atoms with Crippen molar-refractivity contribution in [2.75, 3.05) is 6.61 Å². The highest BCUT2D eigenvalue weighted by atomic mass is 35.5. The molecule has 82 valence electrons. The van der Waals surface area contributed by atoms with Crippen molar-refractivity contribution in [2.45, 2.75) is 13.5 Å². The van der Waals surface area contributed by atoms with Crippen LogP contribution in [0.1, 0.15) is 5.69 Å². The lowest BCUT2D eigenvalue weighted by molar-refractivity contribution is 0.305.